The Morgan fingerprint density at radius 1 is 1.50 bits per heavy atom. The van der Waals surface area contributed by atoms with Crippen molar-refractivity contribution in [1.29, 1.82) is 0 Å². The molecule has 1 nitrogen and oxygen atoms in total. The first-order valence-electron chi connectivity index (χ1n) is 3.45. The molecule has 0 saturated carbocycles. The maximum Gasteiger partial charge on any atom is 0.186 e. The summed E-state index contributed by atoms with van der Waals surface area (Å²) in [6, 6.07) is 0. The van der Waals surface area contributed by atoms with Crippen molar-refractivity contribution in [3.05, 3.63) is 0 Å². The van der Waals surface area contributed by atoms with E-state index < -0.39 is 12.3 Å². The van der Waals surface area contributed by atoms with Crippen molar-refractivity contribution < 1.29 is 13.6 Å². The lowest BCUT2D eigenvalue weighted by atomic mass is 10.1. The highest BCUT2D eigenvalue weighted by molar-refractivity contribution is 5.56. The number of hydrogen-bond donors (Lipinski definition) is 0. The Bertz CT molecular complexity index is 95.6. The molecular formula is C7H12F2O. The third kappa shape index (κ3) is 3.54. The van der Waals surface area contributed by atoms with E-state index in [-0.39, 0.29) is 12.7 Å². The molecule has 2 unspecified atom stereocenters. The fourth-order valence-corrected chi connectivity index (χ4v) is 0.644. The largest absolute Gasteiger partial charge is 0.300 e. The number of hydrogen-bond acceptors (Lipinski definition) is 1. The second-order valence-corrected chi connectivity index (χ2v) is 2.24. The maximum atomic E-state index is 12.4. The van der Waals surface area contributed by atoms with E-state index in [1.54, 1.807) is 0 Å². The fourth-order valence-electron chi connectivity index (χ4n) is 0.644. The molecule has 0 rings (SSSR count). The molecule has 0 spiro atoms. The molecule has 0 radical (unpaired) electrons. The lowest BCUT2D eigenvalue weighted by Gasteiger charge is -2.05. The van der Waals surface area contributed by atoms with Crippen LogP contribution in [-0.2, 0) is 4.79 Å². The van der Waals surface area contributed by atoms with Crippen molar-refractivity contribution in [2.24, 2.45) is 0 Å². The first-order valence-corrected chi connectivity index (χ1v) is 3.45. The van der Waals surface area contributed by atoms with Crippen LogP contribution in [0.15, 0.2) is 0 Å². The number of alkyl halides is 2. The lowest BCUT2D eigenvalue weighted by Crippen LogP contribution is -2.18. The van der Waals surface area contributed by atoms with Gasteiger partial charge in [0.25, 0.3) is 0 Å². The summed E-state index contributed by atoms with van der Waals surface area (Å²) in [4.78, 5) is 9.69. The average Bonchev–Trinajstić information content (AvgIpc) is 1.98. The molecule has 0 aromatic rings. The van der Waals surface area contributed by atoms with E-state index in [1.165, 1.54) is 0 Å². The summed E-state index contributed by atoms with van der Waals surface area (Å²) in [5.74, 6) is 0. The first-order chi connectivity index (χ1) is 4.72. The van der Waals surface area contributed by atoms with Crippen LogP contribution in [0, 0.1) is 0 Å². The van der Waals surface area contributed by atoms with Crippen molar-refractivity contribution in [2.75, 3.05) is 0 Å². The van der Waals surface area contributed by atoms with Gasteiger partial charge in [-0.15, -0.1) is 0 Å². The summed E-state index contributed by atoms with van der Waals surface area (Å²) >= 11 is 0. The van der Waals surface area contributed by atoms with Crippen molar-refractivity contribution >= 4 is 6.29 Å². The van der Waals surface area contributed by atoms with Gasteiger partial charge in [-0.05, 0) is 6.42 Å². The molecule has 10 heavy (non-hydrogen) atoms. The Morgan fingerprint density at radius 2 is 2.10 bits per heavy atom. The van der Waals surface area contributed by atoms with Crippen molar-refractivity contribution in [3.63, 3.8) is 0 Å². The summed E-state index contributed by atoms with van der Waals surface area (Å²) in [6.45, 7) is 1.89. The molecule has 0 amide bonds. The van der Waals surface area contributed by atoms with Crippen molar-refractivity contribution in [2.45, 2.75) is 38.5 Å². The van der Waals surface area contributed by atoms with Gasteiger partial charge in [0.1, 0.15) is 6.17 Å². The molecule has 0 aromatic carbocycles. The van der Waals surface area contributed by atoms with E-state index in [9.17, 15) is 13.6 Å². The van der Waals surface area contributed by atoms with E-state index in [0.717, 1.165) is 6.42 Å². The molecule has 0 aliphatic heterocycles. The van der Waals surface area contributed by atoms with Crippen LogP contribution in [0.4, 0.5) is 8.78 Å². The summed E-state index contributed by atoms with van der Waals surface area (Å²) < 4.78 is 24.5. The normalized spacial score (nSPS) is 16.3. The monoisotopic (exact) mass is 150 g/mol. The number of carbonyl (C=O) groups is 1. The van der Waals surface area contributed by atoms with Gasteiger partial charge in [-0.1, -0.05) is 19.8 Å². The second-order valence-electron chi connectivity index (χ2n) is 2.24. The quantitative estimate of drug-likeness (QED) is 0.548. The minimum Gasteiger partial charge on any atom is -0.300 e. The number of aldehydes is 1. The molecule has 0 saturated heterocycles. The molecule has 0 bridgehead atoms. The molecule has 3 heteroatoms. The van der Waals surface area contributed by atoms with Crippen LogP contribution in [0.25, 0.3) is 0 Å². The van der Waals surface area contributed by atoms with E-state index in [4.69, 9.17) is 0 Å². The smallest absolute Gasteiger partial charge is 0.186 e. The Hall–Kier alpha value is -0.470. The molecule has 0 aliphatic carbocycles. The summed E-state index contributed by atoms with van der Waals surface area (Å²) in [5, 5.41) is 0. The molecule has 60 valence electrons. The first kappa shape index (κ1) is 9.53. The third-order valence-corrected chi connectivity index (χ3v) is 1.31. The topological polar surface area (TPSA) is 17.1 Å². The molecule has 0 aromatic heterocycles. The van der Waals surface area contributed by atoms with E-state index >= 15 is 0 Å². The van der Waals surface area contributed by atoms with E-state index in [2.05, 4.69) is 0 Å². The molecule has 2 atom stereocenters. The number of halogens is 2. The average molecular weight is 150 g/mol. The molecule has 0 aliphatic rings. The highest BCUT2D eigenvalue weighted by atomic mass is 19.2. The summed E-state index contributed by atoms with van der Waals surface area (Å²) in [5.41, 5.74) is 0. The number of carbonyl (C=O) groups excluding carboxylic acids is 1. The third-order valence-electron chi connectivity index (χ3n) is 1.31. The van der Waals surface area contributed by atoms with Gasteiger partial charge >= 0.3 is 0 Å². The Kier molecular flexibility index (Phi) is 5.08. The van der Waals surface area contributed by atoms with E-state index in [0.29, 0.717) is 6.42 Å². The van der Waals surface area contributed by atoms with E-state index in [1.807, 2.05) is 6.92 Å². The van der Waals surface area contributed by atoms with Crippen LogP contribution in [0.2, 0.25) is 0 Å². The van der Waals surface area contributed by atoms with Crippen LogP contribution in [0.5, 0.6) is 0 Å². The van der Waals surface area contributed by atoms with Crippen molar-refractivity contribution in [1.82, 2.24) is 0 Å². The minimum absolute atomic E-state index is 0.0142. The summed E-state index contributed by atoms with van der Waals surface area (Å²) in [6.07, 6.45) is -1.90. The number of rotatable bonds is 5. The maximum absolute atomic E-state index is 12.4. The SMILES string of the molecule is CCCCC(F)C(F)C=O. The van der Waals surface area contributed by atoms with Gasteiger partial charge in [0.05, 0.1) is 0 Å². The van der Waals surface area contributed by atoms with Gasteiger partial charge in [-0.3, -0.25) is 4.79 Å². The molecular weight excluding hydrogens is 138 g/mol. The Morgan fingerprint density at radius 3 is 2.50 bits per heavy atom. The Balaban J connectivity index is 3.40. The zero-order valence-electron chi connectivity index (χ0n) is 6.02. The van der Waals surface area contributed by atoms with Crippen molar-refractivity contribution in [3.8, 4) is 0 Å². The second kappa shape index (κ2) is 5.33. The highest BCUT2D eigenvalue weighted by Crippen LogP contribution is 2.09. The minimum atomic E-state index is -1.92. The zero-order chi connectivity index (χ0) is 7.98. The van der Waals surface area contributed by atoms with Crippen LogP contribution in [0.3, 0.4) is 0 Å². The zero-order valence-corrected chi connectivity index (χ0v) is 6.02. The van der Waals surface area contributed by atoms with Crippen LogP contribution in [-0.4, -0.2) is 18.6 Å². The van der Waals surface area contributed by atoms with Gasteiger partial charge in [0.15, 0.2) is 12.5 Å². The molecule has 0 N–H and O–H groups in total. The predicted molar refractivity (Wildman–Crippen MR) is 35.4 cm³/mol. The van der Waals surface area contributed by atoms with Gasteiger partial charge in [-0.2, -0.15) is 0 Å². The number of unbranched alkanes of at least 4 members (excludes halogenated alkanes) is 1. The van der Waals surface area contributed by atoms with Gasteiger partial charge < -0.3 is 0 Å². The molecule has 0 fully saturated rings. The fraction of sp³-hybridized carbons (Fsp3) is 0.857. The highest BCUT2D eigenvalue weighted by Gasteiger charge is 2.17. The van der Waals surface area contributed by atoms with Gasteiger partial charge in [0, 0.05) is 0 Å². The summed E-state index contributed by atoms with van der Waals surface area (Å²) in [7, 11) is 0. The van der Waals surface area contributed by atoms with Gasteiger partial charge in [-0.25, -0.2) is 8.78 Å². The Labute approximate surface area is 59.4 Å². The lowest BCUT2D eigenvalue weighted by molar-refractivity contribution is -0.114. The standard InChI is InChI=1S/C7H12F2O/c1-2-3-4-6(8)7(9)5-10/h5-7H,2-4H2,1H3. The van der Waals surface area contributed by atoms with Crippen LogP contribution < -0.4 is 0 Å². The van der Waals surface area contributed by atoms with Crippen LogP contribution >= 0.6 is 0 Å². The predicted octanol–water partition coefficient (Wildman–Crippen LogP) is 2.05. The molecule has 0 heterocycles. The van der Waals surface area contributed by atoms with Crippen LogP contribution in [0.1, 0.15) is 26.2 Å². The van der Waals surface area contributed by atoms with Gasteiger partial charge in [0.2, 0.25) is 0 Å².